The summed E-state index contributed by atoms with van der Waals surface area (Å²) in [5.41, 5.74) is 0.314. The highest BCUT2D eigenvalue weighted by Gasteiger charge is 2.43. The van der Waals surface area contributed by atoms with Gasteiger partial charge in [-0.15, -0.1) is 10.2 Å². The van der Waals surface area contributed by atoms with Crippen LogP contribution in [0.25, 0.3) is 0 Å². The molecule has 2 fully saturated rings. The number of para-hydroxylation sites is 1. The first-order chi connectivity index (χ1) is 17.8. The summed E-state index contributed by atoms with van der Waals surface area (Å²) in [6.07, 6.45) is 4.99. The molecule has 0 radical (unpaired) electrons. The Bertz CT molecular complexity index is 1280. The van der Waals surface area contributed by atoms with E-state index in [9.17, 15) is 9.18 Å². The summed E-state index contributed by atoms with van der Waals surface area (Å²) in [5.74, 6) is 2.08. The third-order valence-electron chi connectivity index (χ3n) is 7.35. The molecule has 11 heteroatoms. The lowest BCUT2D eigenvalue weighted by atomic mass is 9.84. The van der Waals surface area contributed by atoms with E-state index in [4.69, 9.17) is 39.5 Å². The van der Waals surface area contributed by atoms with E-state index in [1.165, 1.54) is 55.6 Å². The fraction of sp³-hybridized carbons (Fsp3) is 0.423. The van der Waals surface area contributed by atoms with Gasteiger partial charge in [0.2, 0.25) is 5.91 Å². The van der Waals surface area contributed by atoms with Crippen molar-refractivity contribution in [1.29, 1.82) is 0 Å². The molecule has 196 valence electrons. The van der Waals surface area contributed by atoms with Crippen molar-refractivity contribution in [3.8, 4) is 5.75 Å². The number of halogens is 4. The Morgan fingerprint density at radius 3 is 2.62 bits per heavy atom. The van der Waals surface area contributed by atoms with Crippen molar-refractivity contribution >= 4 is 58.2 Å². The van der Waals surface area contributed by atoms with E-state index in [0.29, 0.717) is 33.5 Å². The van der Waals surface area contributed by atoms with Crippen LogP contribution in [0.15, 0.2) is 41.6 Å². The maximum Gasteiger partial charge on any atom is 0.234 e. The van der Waals surface area contributed by atoms with E-state index in [0.717, 1.165) is 5.92 Å². The normalized spacial score (nSPS) is 21.3. The van der Waals surface area contributed by atoms with Gasteiger partial charge < -0.3 is 10.1 Å². The minimum absolute atomic E-state index is 0.0713. The zero-order valence-electron chi connectivity index (χ0n) is 20.1. The van der Waals surface area contributed by atoms with Gasteiger partial charge in [0, 0.05) is 11.1 Å². The highest BCUT2D eigenvalue weighted by Crippen LogP contribution is 2.52. The number of anilines is 1. The maximum atomic E-state index is 14.1. The Morgan fingerprint density at radius 1 is 1.19 bits per heavy atom. The molecule has 1 N–H and O–H groups in total. The van der Waals surface area contributed by atoms with Crippen LogP contribution in [0.5, 0.6) is 5.75 Å². The van der Waals surface area contributed by atoms with Crippen molar-refractivity contribution < 1.29 is 13.9 Å². The summed E-state index contributed by atoms with van der Waals surface area (Å²) in [7, 11) is 0. The van der Waals surface area contributed by atoms with Crippen LogP contribution in [0.1, 0.15) is 44.5 Å². The topological polar surface area (TPSA) is 69.0 Å². The Hall–Kier alpha value is -2.00. The van der Waals surface area contributed by atoms with E-state index in [1.54, 1.807) is 18.2 Å². The van der Waals surface area contributed by atoms with Crippen LogP contribution < -0.4 is 10.1 Å². The van der Waals surface area contributed by atoms with E-state index < -0.39 is 5.82 Å². The van der Waals surface area contributed by atoms with Gasteiger partial charge in [-0.05, 0) is 68.2 Å². The molecule has 2 saturated carbocycles. The molecular weight excluding hydrogens is 558 g/mol. The van der Waals surface area contributed by atoms with Crippen LogP contribution in [-0.4, -0.2) is 26.4 Å². The van der Waals surface area contributed by atoms with Gasteiger partial charge in [-0.3, -0.25) is 9.36 Å². The van der Waals surface area contributed by atoms with Crippen molar-refractivity contribution in [2.24, 2.45) is 17.8 Å². The fourth-order valence-electron chi connectivity index (χ4n) is 5.66. The standard InChI is InChI=1S/C26H26Cl3FN4O2S/c1-14(18-9-15-6-7-16(18)8-15)34-23(12-36-22-5-3-2-4-21(22)30)32-33-26(34)37-13-24(35)31-25-19(28)10-17(27)11-20(25)29/h2-5,10-11,14-16,18H,6-9,12-13H2,1H3,(H,31,35)/t14-,15-,16-,18+/m0/s1. The molecule has 2 aliphatic rings. The molecule has 5 rings (SSSR count). The molecule has 1 heterocycles. The van der Waals surface area contributed by atoms with Crippen molar-refractivity contribution in [1.82, 2.24) is 14.8 Å². The number of carbonyl (C=O) groups is 1. The van der Waals surface area contributed by atoms with Crippen LogP contribution in [0, 0.1) is 23.6 Å². The Kier molecular flexibility index (Phi) is 8.19. The third kappa shape index (κ3) is 5.87. The zero-order chi connectivity index (χ0) is 26.1. The van der Waals surface area contributed by atoms with E-state index in [-0.39, 0.29) is 40.1 Å². The maximum absolute atomic E-state index is 14.1. The first-order valence-corrected chi connectivity index (χ1v) is 14.3. The van der Waals surface area contributed by atoms with Crippen molar-refractivity contribution in [2.45, 2.75) is 50.4 Å². The number of aromatic nitrogens is 3. The van der Waals surface area contributed by atoms with Crippen LogP contribution in [-0.2, 0) is 11.4 Å². The number of rotatable bonds is 9. The SMILES string of the molecule is C[C@@H]([C@H]1C[C@H]2CC[C@H]1C2)n1c(COc2ccccc2F)nnc1SCC(=O)Nc1c(Cl)cc(Cl)cc1Cl. The molecule has 2 aliphatic carbocycles. The smallest absolute Gasteiger partial charge is 0.234 e. The van der Waals surface area contributed by atoms with E-state index in [1.807, 2.05) is 0 Å². The first-order valence-electron chi connectivity index (χ1n) is 12.2. The first kappa shape index (κ1) is 26.6. The summed E-state index contributed by atoms with van der Waals surface area (Å²) >= 11 is 19.7. The number of thioether (sulfide) groups is 1. The molecule has 0 unspecified atom stereocenters. The van der Waals surface area contributed by atoms with Gasteiger partial charge in [-0.25, -0.2) is 4.39 Å². The number of carbonyl (C=O) groups excluding carboxylic acids is 1. The molecule has 0 saturated heterocycles. The van der Waals surface area contributed by atoms with E-state index in [2.05, 4.69) is 27.0 Å². The Balaban J connectivity index is 1.33. The summed E-state index contributed by atoms with van der Waals surface area (Å²) in [6.45, 7) is 2.25. The highest BCUT2D eigenvalue weighted by molar-refractivity contribution is 7.99. The molecule has 6 nitrogen and oxygen atoms in total. The lowest BCUT2D eigenvalue weighted by molar-refractivity contribution is -0.113. The number of nitrogens with zero attached hydrogens (tertiary/aromatic N) is 3. The summed E-state index contributed by atoms with van der Waals surface area (Å²) in [4.78, 5) is 12.8. The van der Waals surface area contributed by atoms with Gasteiger partial charge in [-0.1, -0.05) is 65.1 Å². The number of hydrogen-bond acceptors (Lipinski definition) is 5. The third-order valence-corrected chi connectivity index (χ3v) is 9.11. The molecule has 3 aromatic rings. The molecular formula is C26H26Cl3FN4O2S. The molecule has 2 bridgehead atoms. The minimum Gasteiger partial charge on any atom is -0.483 e. The van der Waals surface area contributed by atoms with Crippen LogP contribution in [0.4, 0.5) is 10.1 Å². The number of hydrogen-bond donors (Lipinski definition) is 1. The van der Waals surface area contributed by atoms with Crippen LogP contribution in [0.3, 0.4) is 0 Å². The molecule has 2 aromatic carbocycles. The largest absolute Gasteiger partial charge is 0.483 e. The predicted octanol–water partition coefficient (Wildman–Crippen LogP) is 7.68. The van der Waals surface area contributed by atoms with Gasteiger partial charge in [-0.2, -0.15) is 0 Å². The second-order valence-corrected chi connectivity index (χ2v) is 11.8. The Morgan fingerprint density at radius 2 is 1.95 bits per heavy atom. The van der Waals surface area contributed by atoms with Gasteiger partial charge in [0.25, 0.3) is 0 Å². The number of fused-ring (bicyclic) bond motifs is 2. The second kappa shape index (κ2) is 11.4. The average molecular weight is 584 g/mol. The number of ether oxygens (including phenoxy) is 1. The summed E-state index contributed by atoms with van der Waals surface area (Å²) < 4.78 is 22.0. The zero-order valence-corrected chi connectivity index (χ0v) is 23.2. The molecule has 0 aliphatic heterocycles. The van der Waals surface area contributed by atoms with Crippen molar-refractivity contribution in [3.05, 3.63) is 63.1 Å². The minimum atomic E-state index is -0.430. The van der Waals surface area contributed by atoms with Gasteiger partial charge in [0.1, 0.15) is 6.61 Å². The molecule has 1 aromatic heterocycles. The number of nitrogens with one attached hydrogen (secondary N) is 1. The molecule has 0 spiro atoms. The monoisotopic (exact) mass is 582 g/mol. The summed E-state index contributed by atoms with van der Waals surface area (Å²) in [6, 6.07) is 9.45. The summed E-state index contributed by atoms with van der Waals surface area (Å²) in [5, 5.41) is 13.0. The van der Waals surface area contributed by atoms with Crippen molar-refractivity contribution in [2.75, 3.05) is 11.1 Å². The second-order valence-electron chi connectivity index (χ2n) is 9.65. The number of amides is 1. The molecule has 4 atom stereocenters. The molecule has 1 amide bonds. The lowest BCUT2D eigenvalue weighted by Gasteiger charge is -2.30. The Labute approximate surface area is 234 Å². The van der Waals surface area contributed by atoms with Gasteiger partial charge in [0.15, 0.2) is 22.5 Å². The van der Waals surface area contributed by atoms with Crippen molar-refractivity contribution in [3.63, 3.8) is 0 Å². The quantitative estimate of drug-likeness (QED) is 0.262. The highest BCUT2D eigenvalue weighted by atomic mass is 35.5. The number of benzene rings is 2. The lowest BCUT2D eigenvalue weighted by Crippen LogP contribution is -2.25. The molecule has 37 heavy (non-hydrogen) atoms. The van der Waals surface area contributed by atoms with Gasteiger partial charge in [0.05, 0.1) is 21.5 Å². The van der Waals surface area contributed by atoms with Crippen LogP contribution >= 0.6 is 46.6 Å². The van der Waals surface area contributed by atoms with Crippen LogP contribution in [0.2, 0.25) is 15.1 Å². The van der Waals surface area contributed by atoms with E-state index >= 15 is 0 Å². The fourth-order valence-corrected chi connectivity index (χ4v) is 7.41. The average Bonchev–Trinajstić information content (AvgIpc) is 3.60. The van der Waals surface area contributed by atoms with Gasteiger partial charge >= 0.3 is 0 Å². The predicted molar refractivity (Wildman–Crippen MR) is 145 cm³/mol.